The smallest absolute Gasteiger partial charge is 0.226 e. The van der Waals surface area contributed by atoms with Crippen LogP contribution >= 0.6 is 0 Å². The van der Waals surface area contributed by atoms with Gasteiger partial charge >= 0.3 is 0 Å². The maximum absolute atomic E-state index is 10.7. The molecule has 0 saturated carbocycles. The summed E-state index contributed by atoms with van der Waals surface area (Å²) in [6.07, 6.45) is 2.53. The lowest BCUT2D eigenvalue weighted by atomic mass is 9.88. The molecule has 2 heterocycles. The molecule has 2 aromatic carbocycles. The molecule has 1 N–H and O–H groups in total. The highest BCUT2D eigenvalue weighted by atomic mass is 16.4. The van der Waals surface area contributed by atoms with Crippen molar-refractivity contribution in [1.82, 2.24) is 9.88 Å². The monoisotopic (exact) mass is 390 g/mol. The maximum Gasteiger partial charge on any atom is 0.226 e. The number of oxazole rings is 1. The summed E-state index contributed by atoms with van der Waals surface area (Å²) in [6, 6.07) is 18.6. The minimum atomic E-state index is -0.263. The van der Waals surface area contributed by atoms with Crippen LogP contribution in [0.5, 0.6) is 0 Å². The van der Waals surface area contributed by atoms with Crippen LogP contribution in [-0.2, 0) is 13.0 Å². The molecule has 0 bridgehead atoms. The Balaban J connectivity index is 1.32. The van der Waals surface area contributed by atoms with Crippen LogP contribution in [0.3, 0.4) is 0 Å². The van der Waals surface area contributed by atoms with Gasteiger partial charge in [-0.3, -0.25) is 4.90 Å². The molecule has 29 heavy (non-hydrogen) atoms. The van der Waals surface area contributed by atoms with E-state index in [2.05, 4.69) is 48.2 Å². The van der Waals surface area contributed by atoms with Gasteiger partial charge in [-0.1, -0.05) is 48.0 Å². The number of nitrogens with zero attached hydrogens (tertiary/aromatic N) is 2. The van der Waals surface area contributed by atoms with E-state index in [0.29, 0.717) is 11.8 Å². The number of rotatable bonds is 6. The van der Waals surface area contributed by atoms with Gasteiger partial charge in [-0.2, -0.15) is 0 Å². The second-order valence-corrected chi connectivity index (χ2v) is 8.26. The van der Waals surface area contributed by atoms with Gasteiger partial charge in [0.1, 0.15) is 5.76 Å². The van der Waals surface area contributed by atoms with E-state index >= 15 is 0 Å². The predicted molar refractivity (Wildman–Crippen MR) is 116 cm³/mol. The second-order valence-electron chi connectivity index (χ2n) is 8.26. The van der Waals surface area contributed by atoms with Crippen molar-refractivity contribution in [3.63, 3.8) is 0 Å². The molecular weight excluding hydrogens is 360 g/mol. The van der Waals surface area contributed by atoms with Crippen molar-refractivity contribution in [3.8, 4) is 11.5 Å². The van der Waals surface area contributed by atoms with E-state index in [9.17, 15) is 5.11 Å². The molecule has 0 amide bonds. The molecule has 1 aliphatic rings. The Morgan fingerprint density at radius 3 is 2.41 bits per heavy atom. The number of aryl methyl sites for hydroxylation is 2. The van der Waals surface area contributed by atoms with Crippen molar-refractivity contribution in [2.45, 2.75) is 45.8 Å². The molecule has 1 fully saturated rings. The molecule has 0 spiro atoms. The van der Waals surface area contributed by atoms with Gasteiger partial charge in [0.25, 0.3) is 0 Å². The van der Waals surface area contributed by atoms with Gasteiger partial charge in [-0.15, -0.1) is 0 Å². The fourth-order valence-electron chi connectivity index (χ4n) is 4.12. The van der Waals surface area contributed by atoms with E-state index in [1.807, 2.05) is 25.1 Å². The highest BCUT2D eigenvalue weighted by Crippen LogP contribution is 2.26. The Morgan fingerprint density at radius 1 is 1.03 bits per heavy atom. The standard InChI is InChI=1S/C25H30N2O2/c1-18-8-10-22(11-9-18)25-26-23(19(2)29-25)17-27-14-12-21(13-15-27)24(28)16-20-6-4-3-5-7-20/h3-11,21,24,28H,12-17H2,1-2H3/t24-/m0/s1. The number of aliphatic hydroxyl groups excluding tert-OH is 1. The Labute approximate surface area is 173 Å². The van der Waals surface area contributed by atoms with Crippen LogP contribution in [0, 0.1) is 19.8 Å². The molecule has 152 valence electrons. The maximum atomic E-state index is 10.7. The van der Waals surface area contributed by atoms with Gasteiger partial charge in [0, 0.05) is 12.1 Å². The molecule has 1 saturated heterocycles. The SMILES string of the molecule is Cc1ccc(-c2nc(CN3CCC([C@@H](O)Cc4ccccc4)CC3)c(C)o2)cc1. The Morgan fingerprint density at radius 2 is 1.72 bits per heavy atom. The topological polar surface area (TPSA) is 49.5 Å². The molecule has 4 heteroatoms. The first kappa shape index (κ1) is 19.9. The molecule has 1 aliphatic heterocycles. The number of aromatic nitrogens is 1. The first-order valence-corrected chi connectivity index (χ1v) is 10.6. The molecule has 1 atom stereocenters. The quantitative estimate of drug-likeness (QED) is 0.658. The zero-order valence-corrected chi connectivity index (χ0v) is 17.3. The summed E-state index contributed by atoms with van der Waals surface area (Å²) in [7, 11) is 0. The van der Waals surface area contributed by atoms with E-state index in [1.54, 1.807) is 0 Å². The summed E-state index contributed by atoms with van der Waals surface area (Å²) in [5.74, 6) is 1.96. The van der Waals surface area contributed by atoms with E-state index < -0.39 is 0 Å². The zero-order valence-electron chi connectivity index (χ0n) is 17.3. The van der Waals surface area contributed by atoms with Crippen molar-refractivity contribution < 1.29 is 9.52 Å². The van der Waals surface area contributed by atoms with Crippen LogP contribution in [0.4, 0.5) is 0 Å². The molecule has 4 rings (SSSR count). The largest absolute Gasteiger partial charge is 0.441 e. The van der Waals surface area contributed by atoms with Crippen LogP contribution in [0.1, 0.15) is 35.4 Å². The van der Waals surface area contributed by atoms with Crippen LogP contribution in [0.25, 0.3) is 11.5 Å². The van der Waals surface area contributed by atoms with Crippen molar-refractivity contribution >= 4 is 0 Å². The van der Waals surface area contributed by atoms with E-state index in [-0.39, 0.29) is 6.10 Å². The van der Waals surface area contributed by atoms with Gasteiger partial charge in [0.15, 0.2) is 0 Å². The summed E-state index contributed by atoms with van der Waals surface area (Å²) in [6.45, 7) is 6.86. The number of likely N-dealkylation sites (tertiary alicyclic amines) is 1. The fraction of sp³-hybridized carbons (Fsp3) is 0.400. The predicted octanol–water partition coefficient (Wildman–Crippen LogP) is 4.77. The molecule has 0 unspecified atom stereocenters. The van der Waals surface area contributed by atoms with Crippen molar-refractivity contribution in [1.29, 1.82) is 0 Å². The highest BCUT2D eigenvalue weighted by molar-refractivity contribution is 5.54. The molecule has 0 aliphatic carbocycles. The molecule has 4 nitrogen and oxygen atoms in total. The third kappa shape index (κ3) is 4.95. The molecule has 3 aromatic rings. The Kier molecular flexibility index (Phi) is 6.12. The summed E-state index contributed by atoms with van der Waals surface area (Å²) < 4.78 is 5.93. The third-order valence-electron chi connectivity index (χ3n) is 6.03. The van der Waals surface area contributed by atoms with Crippen molar-refractivity contribution in [2.24, 2.45) is 5.92 Å². The summed E-state index contributed by atoms with van der Waals surface area (Å²) in [5.41, 5.74) is 4.48. The molecule has 0 radical (unpaired) electrons. The minimum Gasteiger partial charge on any atom is -0.441 e. The normalized spacial score (nSPS) is 16.8. The molecule has 1 aromatic heterocycles. The van der Waals surface area contributed by atoms with Crippen LogP contribution in [-0.4, -0.2) is 34.2 Å². The van der Waals surface area contributed by atoms with E-state index in [4.69, 9.17) is 9.40 Å². The van der Waals surface area contributed by atoms with Gasteiger partial charge in [-0.05, 0) is 69.8 Å². The number of hydrogen-bond acceptors (Lipinski definition) is 4. The number of benzene rings is 2. The Bertz CT molecular complexity index is 910. The van der Waals surface area contributed by atoms with Gasteiger partial charge in [0.2, 0.25) is 5.89 Å². The van der Waals surface area contributed by atoms with E-state index in [1.165, 1.54) is 11.1 Å². The lowest BCUT2D eigenvalue weighted by molar-refractivity contribution is 0.0572. The second kappa shape index (κ2) is 8.93. The third-order valence-corrected chi connectivity index (χ3v) is 6.03. The lowest BCUT2D eigenvalue weighted by Crippen LogP contribution is -2.38. The first-order valence-electron chi connectivity index (χ1n) is 10.6. The average Bonchev–Trinajstić information content (AvgIpc) is 3.10. The van der Waals surface area contributed by atoms with Crippen LogP contribution in [0.15, 0.2) is 59.0 Å². The summed E-state index contributed by atoms with van der Waals surface area (Å²) in [4.78, 5) is 7.18. The van der Waals surface area contributed by atoms with Crippen molar-refractivity contribution in [2.75, 3.05) is 13.1 Å². The first-order chi connectivity index (χ1) is 14.1. The minimum absolute atomic E-state index is 0.263. The molecular formula is C25H30N2O2. The van der Waals surface area contributed by atoms with Crippen LogP contribution in [0.2, 0.25) is 0 Å². The number of piperidine rings is 1. The van der Waals surface area contributed by atoms with Gasteiger partial charge in [-0.25, -0.2) is 4.98 Å². The van der Waals surface area contributed by atoms with Gasteiger partial charge < -0.3 is 9.52 Å². The Hall–Kier alpha value is -2.43. The van der Waals surface area contributed by atoms with Gasteiger partial charge in [0.05, 0.1) is 11.8 Å². The van der Waals surface area contributed by atoms with Crippen molar-refractivity contribution in [3.05, 3.63) is 77.2 Å². The van der Waals surface area contributed by atoms with Crippen LogP contribution < -0.4 is 0 Å². The van der Waals surface area contributed by atoms with E-state index in [0.717, 1.165) is 55.9 Å². The zero-order chi connectivity index (χ0) is 20.2. The average molecular weight is 391 g/mol. The fourth-order valence-corrected chi connectivity index (χ4v) is 4.12. The number of hydrogen-bond donors (Lipinski definition) is 1. The number of aliphatic hydroxyl groups is 1. The summed E-state index contributed by atoms with van der Waals surface area (Å²) >= 11 is 0. The lowest BCUT2D eigenvalue weighted by Gasteiger charge is -2.34. The summed E-state index contributed by atoms with van der Waals surface area (Å²) in [5, 5.41) is 10.7. The highest BCUT2D eigenvalue weighted by Gasteiger charge is 2.26.